The van der Waals surface area contributed by atoms with Crippen LogP contribution in [0.2, 0.25) is 0 Å². The Hall–Kier alpha value is -3.19. The third-order valence-corrected chi connectivity index (χ3v) is 6.03. The first-order valence-corrected chi connectivity index (χ1v) is 11.1. The summed E-state index contributed by atoms with van der Waals surface area (Å²) in [6.45, 7) is 2.32. The highest BCUT2D eigenvalue weighted by atomic mass is 19.1. The molecular weight excluding hydrogens is 407 g/mol. The van der Waals surface area contributed by atoms with Crippen LogP contribution in [0.25, 0.3) is 22.2 Å². The van der Waals surface area contributed by atoms with Crippen LogP contribution in [0.5, 0.6) is 0 Å². The van der Waals surface area contributed by atoms with E-state index in [0.29, 0.717) is 30.5 Å². The normalized spacial score (nSPS) is 13.4. The largest absolute Gasteiger partial charge is 0.370 e. The van der Waals surface area contributed by atoms with Gasteiger partial charge in [-0.3, -0.25) is 9.59 Å². The first kappa shape index (κ1) is 22.0. The van der Waals surface area contributed by atoms with E-state index in [4.69, 9.17) is 5.73 Å². The number of halogens is 1. The Kier molecular flexibility index (Phi) is 6.55. The summed E-state index contributed by atoms with van der Waals surface area (Å²) in [6, 6.07) is 11.1. The minimum atomic E-state index is -0.420. The molecule has 2 heterocycles. The average molecular weight is 437 g/mol. The molecule has 2 aromatic carbocycles. The minimum Gasteiger partial charge on any atom is -0.370 e. The quantitative estimate of drug-likeness (QED) is 0.446. The molecule has 1 aliphatic heterocycles. The van der Waals surface area contributed by atoms with E-state index < -0.39 is 5.82 Å². The van der Waals surface area contributed by atoms with E-state index in [-0.39, 0.29) is 11.8 Å². The van der Waals surface area contributed by atoms with Gasteiger partial charge in [0.15, 0.2) is 0 Å². The fourth-order valence-corrected chi connectivity index (χ4v) is 4.46. The number of nitrogens with two attached hydrogens (primary N) is 1. The number of benzene rings is 2. The summed E-state index contributed by atoms with van der Waals surface area (Å²) in [6.07, 6.45) is 4.03. The molecule has 0 bridgehead atoms. The van der Waals surface area contributed by atoms with E-state index in [1.165, 1.54) is 17.7 Å². The molecule has 0 spiro atoms. The lowest BCUT2D eigenvalue weighted by Gasteiger charge is -2.17. The number of unbranched alkanes of at least 4 members (excludes halogenated alkanes) is 2. The van der Waals surface area contributed by atoms with Crippen LogP contribution >= 0.6 is 0 Å². The summed E-state index contributed by atoms with van der Waals surface area (Å²) in [7, 11) is 2.09. The average Bonchev–Trinajstić information content (AvgIpc) is 3.02. The predicted octanol–water partition coefficient (Wildman–Crippen LogP) is 3.74. The van der Waals surface area contributed by atoms with Crippen molar-refractivity contribution in [2.75, 3.05) is 20.1 Å². The van der Waals surface area contributed by atoms with Crippen LogP contribution in [-0.4, -0.2) is 41.8 Å². The Labute approximate surface area is 187 Å². The van der Waals surface area contributed by atoms with Crippen molar-refractivity contribution in [1.29, 1.82) is 0 Å². The molecule has 168 valence electrons. The highest BCUT2D eigenvalue weighted by Crippen LogP contribution is 2.34. The van der Waals surface area contributed by atoms with Gasteiger partial charge in [-0.2, -0.15) is 0 Å². The first-order valence-electron chi connectivity index (χ1n) is 11.1. The molecular formula is C25H29FN4O2. The van der Waals surface area contributed by atoms with E-state index >= 15 is 0 Å². The van der Waals surface area contributed by atoms with Crippen molar-refractivity contribution in [2.45, 2.75) is 38.6 Å². The van der Waals surface area contributed by atoms with E-state index in [9.17, 15) is 14.0 Å². The zero-order valence-corrected chi connectivity index (χ0v) is 18.3. The third kappa shape index (κ3) is 4.83. The fourth-order valence-electron chi connectivity index (χ4n) is 4.46. The molecule has 1 aromatic heterocycles. The van der Waals surface area contributed by atoms with Gasteiger partial charge in [0.1, 0.15) is 5.82 Å². The van der Waals surface area contributed by atoms with Gasteiger partial charge in [-0.15, -0.1) is 0 Å². The number of primary amides is 1. The smallest absolute Gasteiger partial charge is 0.252 e. The summed E-state index contributed by atoms with van der Waals surface area (Å²) in [4.78, 5) is 28.8. The van der Waals surface area contributed by atoms with Gasteiger partial charge in [-0.25, -0.2) is 4.39 Å². The van der Waals surface area contributed by atoms with Gasteiger partial charge >= 0.3 is 0 Å². The van der Waals surface area contributed by atoms with Crippen LogP contribution in [-0.2, 0) is 17.8 Å². The van der Waals surface area contributed by atoms with Gasteiger partial charge in [-0.1, -0.05) is 30.7 Å². The number of rotatable bonds is 9. The van der Waals surface area contributed by atoms with Crippen molar-refractivity contribution < 1.29 is 14.0 Å². The zero-order valence-electron chi connectivity index (χ0n) is 18.3. The topological polar surface area (TPSA) is 91.2 Å². The lowest BCUT2D eigenvalue weighted by Crippen LogP contribution is -2.23. The Balaban J connectivity index is 1.47. The van der Waals surface area contributed by atoms with Crippen LogP contribution < -0.4 is 11.1 Å². The Morgan fingerprint density at radius 2 is 1.94 bits per heavy atom. The van der Waals surface area contributed by atoms with Crippen LogP contribution in [0.15, 0.2) is 36.4 Å². The van der Waals surface area contributed by atoms with E-state index in [1.54, 1.807) is 0 Å². The predicted molar refractivity (Wildman–Crippen MR) is 124 cm³/mol. The molecule has 4 rings (SSSR count). The second-order valence-corrected chi connectivity index (χ2v) is 8.57. The molecule has 6 nitrogen and oxygen atoms in total. The molecule has 3 aromatic rings. The summed E-state index contributed by atoms with van der Waals surface area (Å²) >= 11 is 0. The van der Waals surface area contributed by atoms with Crippen molar-refractivity contribution in [3.8, 4) is 11.3 Å². The highest BCUT2D eigenvalue weighted by Gasteiger charge is 2.23. The van der Waals surface area contributed by atoms with Crippen LogP contribution in [0.1, 0.15) is 47.2 Å². The molecule has 0 fully saturated rings. The van der Waals surface area contributed by atoms with Crippen LogP contribution in [0.4, 0.5) is 4.39 Å². The summed E-state index contributed by atoms with van der Waals surface area (Å²) in [5.74, 6) is -0.883. The Morgan fingerprint density at radius 3 is 2.69 bits per heavy atom. The number of carbonyl (C=O) groups excluding carboxylic acids is 2. The number of nitrogens with zero attached hydrogens (tertiary/aromatic N) is 1. The van der Waals surface area contributed by atoms with Crippen molar-refractivity contribution in [1.82, 2.24) is 15.2 Å². The molecule has 32 heavy (non-hydrogen) atoms. The number of hydrogen-bond acceptors (Lipinski definition) is 3. The molecule has 0 saturated heterocycles. The van der Waals surface area contributed by atoms with Gasteiger partial charge in [0.05, 0.1) is 5.56 Å². The molecule has 0 unspecified atom stereocenters. The first-order chi connectivity index (χ1) is 15.4. The van der Waals surface area contributed by atoms with Crippen LogP contribution in [0.3, 0.4) is 0 Å². The van der Waals surface area contributed by atoms with Crippen LogP contribution in [0, 0.1) is 5.82 Å². The van der Waals surface area contributed by atoms with E-state index in [0.717, 1.165) is 54.6 Å². The molecule has 0 radical (unpaired) electrons. The van der Waals surface area contributed by atoms with Gasteiger partial charge in [0.2, 0.25) is 5.91 Å². The number of aromatic nitrogens is 1. The number of H-pyrrole nitrogens is 1. The second kappa shape index (κ2) is 9.53. The SMILES string of the molecule is CN(CCCCCC(N)=O)Cc1ccc(-c2[nH]c3cc(F)cc4c3c2CCNC4=O)cc1. The zero-order chi connectivity index (χ0) is 22.7. The third-order valence-electron chi connectivity index (χ3n) is 6.03. The lowest BCUT2D eigenvalue weighted by molar-refractivity contribution is -0.118. The summed E-state index contributed by atoms with van der Waals surface area (Å²) < 4.78 is 14.1. The van der Waals surface area contributed by atoms with Gasteiger partial charge < -0.3 is 20.9 Å². The van der Waals surface area contributed by atoms with Crippen molar-refractivity contribution in [3.05, 3.63) is 58.9 Å². The fraction of sp³-hybridized carbons (Fsp3) is 0.360. The maximum atomic E-state index is 14.1. The number of amides is 2. The molecule has 7 heteroatoms. The Morgan fingerprint density at radius 1 is 1.16 bits per heavy atom. The Bertz CT molecular complexity index is 1140. The van der Waals surface area contributed by atoms with E-state index in [1.807, 2.05) is 0 Å². The van der Waals surface area contributed by atoms with Crippen molar-refractivity contribution in [3.63, 3.8) is 0 Å². The maximum Gasteiger partial charge on any atom is 0.252 e. The molecule has 0 aliphatic carbocycles. The standard InChI is InChI=1S/C25H29FN4O2/c1-30(12-4-2-3-5-22(27)31)15-16-6-8-17(9-7-16)24-19-10-11-28-25(32)20-13-18(26)14-21(29-24)23(19)20/h6-9,13-14,29H,2-5,10-12,15H2,1H3,(H2,27,31)(H,28,32). The molecule has 2 amide bonds. The van der Waals surface area contributed by atoms with Crippen molar-refractivity contribution in [2.24, 2.45) is 5.73 Å². The molecule has 0 atom stereocenters. The number of hydrogen-bond donors (Lipinski definition) is 3. The van der Waals surface area contributed by atoms with E-state index in [2.05, 4.69) is 46.5 Å². The molecule has 0 saturated carbocycles. The molecule has 4 N–H and O–H groups in total. The summed E-state index contributed by atoms with van der Waals surface area (Å²) in [5.41, 5.74) is 10.4. The van der Waals surface area contributed by atoms with Gasteiger partial charge in [0.25, 0.3) is 5.91 Å². The second-order valence-electron chi connectivity index (χ2n) is 8.57. The van der Waals surface area contributed by atoms with Gasteiger partial charge in [-0.05, 0) is 61.7 Å². The monoisotopic (exact) mass is 436 g/mol. The number of carbonyl (C=O) groups is 2. The molecule has 1 aliphatic rings. The lowest BCUT2D eigenvalue weighted by atomic mass is 9.99. The number of aromatic amines is 1. The number of nitrogens with one attached hydrogen (secondary N) is 2. The summed E-state index contributed by atoms with van der Waals surface area (Å²) in [5, 5.41) is 3.67. The maximum absolute atomic E-state index is 14.1. The highest BCUT2D eigenvalue weighted by molar-refractivity contribution is 6.10. The minimum absolute atomic E-state index is 0.230. The van der Waals surface area contributed by atoms with Crippen molar-refractivity contribution >= 4 is 22.7 Å². The van der Waals surface area contributed by atoms with Gasteiger partial charge in [0, 0.05) is 36.1 Å².